The molecular weight excluding hydrogens is 337 g/mol. The minimum Gasteiger partial charge on any atom is -0.496 e. The number of hydrogen-bond donors (Lipinski definition) is 1. The molecule has 0 bridgehead atoms. The lowest BCUT2D eigenvalue weighted by Crippen LogP contribution is -2.26. The van der Waals surface area contributed by atoms with Gasteiger partial charge >= 0.3 is 0 Å². The van der Waals surface area contributed by atoms with Crippen molar-refractivity contribution in [3.63, 3.8) is 0 Å². The summed E-state index contributed by atoms with van der Waals surface area (Å²) in [6.45, 7) is 0.408. The summed E-state index contributed by atoms with van der Waals surface area (Å²) in [4.78, 5) is 12.0. The molecule has 0 unspecified atom stereocenters. The molecule has 0 saturated carbocycles. The zero-order valence-electron chi connectivity index (χ0n) is 11.5. The van der Waals surface area contributed by atoms with Crippen molar-refractivity contribution in [2.24, 2.45) is 0 Å². The summed E-state index contributed by atoms with van der Waals surface area (Å²) in [5.41, 5.74) is 1.03. The van der Waals surface area contributed by atoms with Crippen molar-refractivity contribution in [1.29, 1.82) is 0 Å². The van der Waals surface area contributed by atoms with Gasteiger partial charge in [-0.2, -0.15) is 0 Å². The lowest BCUT2D eigenvalue weighted by Gasteiger charge is -2.09. The number of methoxy groups -OCH3 is 1. The number of carbonyl (C=O) groups excluding carboxylic acids is 1. The second-order valence-corrected chi connectivity index (χ2v) is 5.36. The van der Waals surface area contributed by atoms with Crippen LogP contribution in [-0.4, -0.2) is 19.6 Å². The van der Waals surface area contributed by atoms with E-state index < -0.39 is 11.7 Å². The van der Waals surface area contributed by atoms with E-state index in [0.29, 0.717) is 17.4 Å². The quantitative estimate of drug-likeness (QED) is 0.894. The van der Waals surface area contributed by atoms with Gasteiger partial charge in [0, 0.05) is 11.0 Å². The molecule has 0 fully saturated rings. The molecule has 0 aliphatic heterocycles. The summed E-state index contributed by atoms with van der Waals surface area (Å²) in [6.07, 6.45) is 0.616. The number of hydrogen-bond acceptors (Lipinski definition) is 2. The van der Waals surface area contributed by atoms with E-state index in [1.54, 1.807) is 13.2 Å². The van der Waals surface area contributed by atoms with Crippen molar-refractivity contribution in [1.82, 2.24) is 5.32 Å². The third kappa shape index (κ3) is 4.04. The number of benzene rings is 2. The monoisotopic (exact) mass is 351 g/mol. The maximum Gasteiger partial charge on any atom is 0.254 e. The van der Waals surface area contributed by atoms with Crippen LogP contribution in [0.15, 0.2) is 46.9 Å². The molecule has 1 N–H and O–H groups in total. The van der Waals surface area contributed by atoms with E-state index in [4.69, 9.17) is 4.74 Å². The summed E-state index contributed by atoms with van der Waals surface area (Å²) >= 11 is 3.23. The number of halogens is 2. The van der Waals surface area contributed by atoms with Crippen molar-refractivity contribution in [3.8, 4) is 5.75 Å². The maximum absolute atomic E-state index is 13.6. The van der Waals surface area contributed by atoms with Gasteiger partial charge in [-0.25, -0.2) is 4.39 Å². The molecule has 2 aromatic carbocycles. The van der Waals surface area contributed by atoms with Gasteiger partial charge in [0.2, 0.25) is 0 Å². The summed E-state index contributed by atoms with van der Waals surface area (Å²) in [5, 5.41) is 2.71. The van der Waals surface area contributed by atoms with Gasteiger partial charge in [0.1, 0.15) is 11.6 Å². The molecule has 5 heteroatoms. The Balaban J connectivity index is 1.97. The van der Waals surface area contributed by atoms with E-state index in [-0.39, 0.29) is 5.56 Å². The number of rotatable bonds is 5. The molecule has 1 amide bonds. The molecule has 2 aromatic rings. The molecular formula is C16H15BrFNO2. The molecule has 21 heavy (non-hydrogen) atoms. The first kappa shape index (κ1) is 15.5. The van der Waals surface area contributed by atoms with E-state index in [1.807, 2.05) is 24.3 Å². The normalized spacial score (nSPS) is 10.2. The highest BCUT2D eigenvalue weighted by molar-refractivity contribution is 9.10. The molecule has 0 spiro atoms. The molecule has 110 valence electrons. The van der Waals surface area contributed by atoms with Crippen molar-refractivity contribution in [2.75, 3.05) is 13.7 Å². The topological polar surface area (TPSA) is 38.3 Å². The zero-order valence-corrected chi connectivity index (χ0v) is 13.1. The van der Waals surface area contributed by atoms with Gasteiger partial charge in [-0.05, 0) is 36.2 Å². The summed E-state index contributed by atoms with van der Waals surface area (Å²) in [5.74, 6) is -0.183. The van der Waals surface area contributed by atoms with Crippen LogP contribution in [0, 0.1) is 5.82 Å². The van der Waals surface area contributed by atoms with Gasteiger partial charge < -0.3 is 10.1 Å². The zero-order chi connectivity index (χ0) is 15.2. The minimum atomic E-state index is -0.534. The van der Waals surface area contributed by atoms with Gasteiger partial charge in [0.15, 0.2) is 0 Å². The Bertz CT molecular complexity index is 646. The van der Waals surface area contributed by atoms with Crippen molar-refractivity contribution < 1.29 is 13.9 Å². The van der Waals surface area contributed by atoms with E-state index >= 15 is 0 Å². The third-order valence-corrected chi connectivity index (χ3v) is 3.54. The number of ether oxygens (including phenoxy) is 1. The Morgan fingerprint density at radius 3 is 2.81 bits per heavy atom. The first-order valence-electron chi connectivity index (χ1n) is 6.47. The van der Waals surface area contributed by atoms with Crippen LogP contribution in [0.1, 0.15) is 15.9 Å². The molecule has 0 atom stereocenters. The number of carbonyl (C=O) groups is 1. The van der Waals surface area contributed by atoms with Crippen LogP contribution in [0.2, 0.25) is 0 Å². The van der Waals surface area contributed by atoms with Crippen LogP contribution in [-0.2, 0) is 6.42 Å². The van der Waals surface area contributed by atoms with Crippen LogP contribution in [0.25, 0.3) is 0 Å². The minimum absolute atomic E-state index is 0.0319. The standard InChI is InChI=1S/C16H15BrFNO2/c1-21-15-5-3-2-4-11(15)8-9-19-16(20)13-10-12(17)6-7-14(13)18/h2-7,10H,8-9H2,1H3,(H,19,20). The number of nitrogens with one attached hydrogen (secondary N) is 1. The predicted molar refractivity (Wildman–Crippen MR) is 83.1 cm³/mol. The van der Waals surface area contributed by atoms with Crippen LogP contribution in [0.4, 0.5) is 4.39 Å². The third-order valence-electron chi connectivity index (χ3n) is 3.05. The fourth-order valence-corrected chi connectivity index (χ4v) is 2.35. The molecule has 2 rings (SSSR count). The molecule has 3 nitrogen and oxygen atoms in total. The van der Waals surface area contributed by atoms with Gasteiger partial charge in [-0.1, -0.05) is 34.1 Å². The largest absolute Gasteiger partial charge is 0.496 e. The van der Waals surface area contributed by atoms with E-state index in [0.717, 1.165) is 11.3 Å². The fraction of sp³-hybridized carbons (Fsp3) is 0.188. The smallest absolute Gasteiger partial charge is 0.254 e. The molecule has 0 heterocycles. The maximum atomic E-state index is 13.6. The molecule has 0 aliphatic carbocycles. The van der Waals surface area contributed by atoms with Crippen LogP contribution in [0.3, 0.4) is 0 Å². The summed E-state index contributed by atoms with van der Waals surface area (Å²) in [7, 11) is 1.61. The van der Waals surface area contributed by atoms with Crippen molar-refractivity contribution in [2.45, 2.75) is 6.42 Å². The molecule has 0 radical (unpaired) electrons. The Labute approximate surface area is 131 Å². The highest BCUT2D eigenvalue weighted by Gasteiger charge is 2.12. The van der Waals surface area contributed by atoms with Crippen molar-refractivity contribution >= 4 is 21.8 Å². The second-order valence-electron chi connectivity index (χ2n) is 4.44. The number of amides is 1. The fourth-order valence-electron chi connectivity index (χ4n) is 1.99. The summed E-state index contributed by atoms with van der Waals surface area (Å²) < 4.78 is 19.5. The highest BCUT2D eigenvalue weighted by Crippen LogP contribution is 2.18. The Morgan fingerprint density at radius 1 is 1.29 bits per heavy atom. The van der Waals surface area contributed by atoms with E-state index in [1.165, 1.54) is 12.1 Å². The highest BCUT2D eigenvalue weighted by atomic mass is 79.9. The second kappa shape index (κ2) is 7.22. The lowest BCUT2D eigenvalue weighted by molar-refractivity contribution is 0.0950. The van der Waals surface area contributed by atoms with E-state index in [2.05, 4.69) is 21.2 Å². The Morgan fingerprint density at radius 2 is 2.05 bits per heavy atom. The Kier molecular flexibility index (Phi) is 5.33. The SMILES string of the molecule is COc1ccccc1CCNC(=O)c1cc(Br)ccc1F. The van der Waals surface area contributed by atoms with E-state index in [9.17, 15) is 9.18 Å². The van der Waals surface area contributed by atoms with Crippen LogP contribution < -0.4 is 10.1 Å². The average molecular weight is 352 g/mol. The lowest BCUT2D eigenvalue weighted by atomic mass is 10.1. The average Bonchev–Trinajstić information content (AvgIpc) is 2.50. The van der Waals surface area contributed by atoms with Gasteiger partial charge in [0.05, 0.1) is 12.7 Å². The predicted octanol–water partition coefficient (Wildman–Crippen LogP) is 3.57. The van der Waals surface area contributed by atoms with Crippen molar-refractivity contribution in [3.05, 3.63) is 63.9 Å². The van der Waals surface area contributed by atoms with Crippen LogP contribution >= 0.6 is 15.9 Å². The first-order chi connectivity index (χ1) is 10.1. The molecule has 0 aliphatic rings. The van der Waals surface area contributed by atoms with Gasteiger partial charge in [-0.3, -0.25) is 4.79 Å². The first-order valence-corrected chi connectivity index (χ1v) is 7.26. The molecule has 0 aromatic heterocycles. The van der Waals surface area contributed by atoms with Gasteiger partial charge in [0.25, 0.3) is 5.91 Å². The van der Waals surface area contributed by atoms with Crippen LogP contribution in [0.5, 0.6) is 5.75 Å². The Hall–Kier alpha value is -1.88. The van der Waals surface area contributed by atoms with Gasteiger partial charge in [-0.15, -0.1) is 0 Å². The summed E-state index contributed by atoms with van der Waals surface area (Å²) in [6, 6.07) is 11.9. The number of para-hydroxylation sites is 1. The molecule has 0 saturated heterocycles.